The van der Waals surface area contributed by atoms with Crippen LogP contribution in [0.25, 0.3) is 0 Å². The van der Waals surface area contributed by atoms with Crippen LogP contribution in [0.2, 0.25) is 0 Å². The van der Waals surface area contributed by atoms with E-state index in [1.165, 1.54) is 11.1 Å². The molecule has 0 aliphatic heterocycles. The molecule has 4 heteroatoms. The number of nitrogens with zero attached hydrogens (tertiary/aromatic N) is 1. The van der Waals surface area contributed by atoms with Crippen LogP contribution in [-0.2, 0) is 11.2 Å². The average molecular weight is 300 g/mol. The summed E-state index contributed by atoms with van der Waals surface area (Å²) in [5, 5.41) is 8.60. The molecule has 0 fully saturated rings. The molecule has 1 rings (SSSR count). The van der Waals surface area contributed by atoms with Crippen molar-refractivity contribution in [2.45, 2.75) is 19.8 Å². The van der Waals surface area contributed by atoms with Crippen LogP contribution in [0.1, 0.15) is 17.5 Å². The molecule has 0 atom stereocenters. The highest BCUT2D eigenvalue weighted by Crippen LogP contribution is 2.16. The summed E-state index contributed by atoms with van der Waals surface area (Å²) in [6.07, 6.45) is 1.15. The van der Waals surface area contributed by atoms with Crippen molar-refractivity contribution in [3.63, 3.8) is 0 Å². The summed E-state index contributed by atoms with van der Waals surface area (Å²) < 4.78 is 1.09. The number of hydrogen-bond donors (Lipinski definition) is 1. The number of halogens is 1. The zero-order chi connectivity index (χ0) is 12.8. The third kappa shape index (κ3) is 5.33. The maximum Gasteiger partial charge on any atom is 0.304 e. The minimum atomic E-state index is -0.740. The SMILES string of the molecule is Cc1ccc(Br)cc1CCN(C)CCC(=O)O. The molecule has 0 amide bonds. The fourth-order valence-corrected chi connectivity index (χ4v) is 2.03. The van der Waals surface area contributed by atoms with Crippen molar-refractivity contribution in [1.82, 2.24) is 4.90 Å². The monoisotopic (exact) mass is 299 g/mol. The molecule has 0 aliphatic carbocycles. The van der Waals surface area contributed by atoms with Gasteiger partial charge in [0.25, 0.3) is 0 Å². The molecule has 0 aliphatic rings. The van der Waals surface area contributed by atoms with E-state index in [0.29, 0.717) is 6.54 Å². The van der Waals surface area contributed by atoms with E-state index in [1.54, 1.807) is 0 Å². The van der Waals surface area contributed by atoms with E-state index < -0.39 is 5.97 Å². The second kappa shape index (κ2) is 6.77. The number of hydrogen-bond acceptors (Lipinski definition) is 2. The van der Waals surface area contributed by atoms with Gasteiger partial charge in [-0.2, -0.15) is 0 Å². The van der Waals surface area contributed by atoms with E-state index in [-0.39, 0.29) is 6.42 Å². The van der Waals surface area contributed by atoms with Crippen molar-refractivity contribution in [3.05, 3.63) is 33.8 Å². The predicted molar refractivity (Wildman–Crippen MR) is 72.3 cm³/mol. The first-order valence-electron chi connectivity index (χ1n) is 5.64. The Morgan fingerprint density at radius 2 is 2.12 bits per heavy atom. The minimum Gasteiger partial charge on any atom is -0.481 e. The van der Waals surface area contributed by atoms with E-state index in [1.807, 2.05) is 13.1 Å². The molecule has 0 aromatic heterocycles. The number of rotatable bonds is 6. The largest absolute Gasteiger partial charge is 0.481 e. The second-order valence-corrected chi connectivity index (χ2v) is 5.18. The molecule has 0 saturated carbocycles. The number of carbonyl (C=O) groups is 1. The van der Waals surface area contributed by atoms with Gasteiger partial charge in [0.1, 0.15) is 0 Å². The summed E-state index contributed by atoms with van der Waals surface area (Å²) in [7, 11) is 1.95. The molecule has 0 saturated heterocycles. The van der Waals surface area contributed by atoms with Gasteiger partial charge in [-0.1, -0.05) is 22.0 Å². The van der Waals surface area contributed by atoms with Gasteiger partial charge in [-0.25, -0.2) is 0 Å². The lowest BCUT2D eigenvalue weighted by Gasteiger charge is -2.16. The quantitative estimate of drug-likeness (QED) is 0.878. The Morgan fingerprint density at radius 1 is 1.41 bits per heavy atom. The molecule has 94 valence electrons. The minimum absolute atomic E-state index is 0.202. The molecule has 0 bridgehead atoms. The Kier molecular flexibility index (Phi) is 5.65. The first-order chi connectivity index (χ1) is 7.99. The van der Waals surface area contributed by atoms with Crippen molar-refractivity contribution in [3.8, 4) is 0 Å². The van der Waals surface area contributed by atoms with Crippen LogP contribution in [0, 0.1) is 6.92 Å². The molecule has 1 aromatic rings. The summed E-state index contributed by atoms with van der Waals surface area (Å²) in [4.78, 5) is 12.5. The van der Waals surface area contributed by atoms with Crippen LogP contribution in [0.4, 0.5) is 0 Å². The van der Waals surface area contributed by atoms with Crippen molar-refractivity contribution < 1.29 is 9.90 Å². The van der Waals surface area contributed by atoms with E-state index in [0.717, 1.165) is 17.4 Å². The van der Waals surface area contributed by atoms with Crippen LogP contribution in [0.5, 0.6) is 0 Å². The van der Waals surface area contributed by atoms with Gasteiger partial charge < -0.3 is 10.0 Å². The van der Waals surface area contributed by atoms with Crippen LogP contribution < -0.4 is 0 Å². The Labute approximate surface area is 111 Å². The molecular formula is C13H18BrNO2. The zero-order valence-electron chi connectivity index (χ0n) is 10.2. The first kappa shape index (κ1) is 14.2. The Hall–Kier alpha value is -0.870. The Balaban J connectivity index is 2.44. The molecule has 0 unspecified atom stereocenters. The molecule has 1 N–H and O–H groups in total. The predicted octanol–water partition coefficient (Wildman–Crippen LogP) is 2.71. The number of aryl methyl sites for hydroxylation is 1. The van der Waals surface area contributed by atoms with Gasteiger partial charge in [-0.15, -0.1) is 0 Å². The lowest BCUT2D eigenvalue weighted by molar-refractivity contribution is -0.137. The average Bonchev–Trinajstić information content (AvgIpc) is 2.27. The number of carboxylic acids is 1. The molecule has 1 aromatic carbocycles. The second-order valence-electron chi connectivity index (χ2n) is 4.27. The highest BCUT2D eigenvalue weighted by Gasteiger charge is 2.04. The lowest BCUT2D eigenvalue weighted by atomic mass is 10.1. The Bertz CT molecular complexity index is 393. The van der Waals surface area contributed by atoms with Crippen LogP contribution >= 0.6 is 15.9 Å². The standard InChI is InChI=1S/C13H18BrNO2/c1-10-3-4-12(14)9-11(10)5-7-15(2)8-6-13(16)17/h3-4,9H,5-8H2,1-2H3,(H,16,17). The summed E-state index contributed by atoms with van der Waals surface area (Å²) in [5.74, 6) is -0.740. The maximum atomic E-state index is 10.4. The smallest absolute Gasteiger partial charge is 0.304 e. The summed E-state index contributed by atoms with van der Waals surface area (Å²) in [6, 6.07) is 6.25. The normalized spacial score (nSPS) is 10.8. The highest BCUT2D eigenvalue weighted by atomic mass is 79.9. The van der Waals surface area contributed by atoms with E-state index in [4.69, 9.17) is 5.11 Å². The third-order valence-corrected chi connectivity index (χ3v) is 3.27. The maximum absolute atomic E-state index is 10.4. The summed E-state index contributed by atoms with van der Waals surface area (Å²) in [6.45, 7) is 3.58. The van der Waals surface area contributed by atoms with E-state index in [2.05, 4.69) is 39.9 Å². The third-order valence-electron chi connectivity index (χ3n) is 2.78. The topological polar surface area (TPSA) is 40.5 Å². The van der Waals surface area contributed by atoms with Crippen molar-refractivity contribution in [2.24, 2.45) is 0 Å². The number of carboxylic acid groups (broad SMARTS) is 1. The van der Waals surface area contributed by atoms with Gasteiger partial charge in [0.15, 0.2) is 0 Å². The van der Waals surface area contributed by atoms with E-state index >= 15 is 0 Å². The van der Waals surface area contributed by atoms with Crippen molar-refractivity contribution in [1.29, 1.82) is 0 Å². The van der Waals surface area contributed by atoms with Crippen LogP contribution in [0.15, 0.2) is 22.7 Å². The van der Waals surface area contributed by atoms with Crippen molar-refractivity contribution >= 4 is 21.9 Å². The lowest BCUT2D eigenvalue weighted by Crippen LogP contribution is -2.24. The highest BCUT2D eigenvalue weighted by molar-refractivity contribution is 9.10. The van der Waals surface area contributed by atoms with Crippen molar-refractivity contribution in [2.75, 3.05) is 20.1 Å². The molecule has 0 radical (unpaired) electrons. The van der Waals surface area contributed by atoms with Gasteiger partial charge in [-0.05, 0) is 43.7 Å². The van der Waals surface area contributed by atoms with Crippen LogP contribution in [-0.4, -0.2) is 36.1 Å². The molecular weight excluding hydrogens is 282 g/mol. The molecule has 0 spiro atoms. The zero-order valence-corrected chi connectivity index (χ0v) is 11.8. The fraction of sp³-hybridized carbons (Fsp3) is 0.462. The van der Waals surface area contributed by atoms with Gasteiger partial charge in [-0.3, -0.25) is 4.79 Å². The van der Waals surface area contributed by atoms with Gasteiger partial charge >= 0.3 is 5.97 Å². The summed E-state index contributed by atoms with van der Waals surface area (Å²) >= 11 is 3.46. The van der Waals surface area contributed by atoms with E-state index in [9.17, 15) is 4.79 Å². The number of likely N-dealkylation sites (N-methyl/N-ethyl adjacent to an activating group) is 1. The van der Waals surface area contributed by atoms with Gasteiger partial charge in [0, 0.05) is 17.6 Å². The molecule has 17 heavy (non-hydrogen) atoms. The molecule has 3 nitrogen and oxygen atoms in total. The van der Waals surface area contributed by atoms with Gasteiger partial charge in [0.05, 0.1) is 6.42 Å². The first-order valence-corrected chi connectivity index (χ1v) is 6.43. The van der Waals surface area contributed by atoms with Gasteiger partial charge in [0.2, 0.25) is 0 Å². The Morgan fingerprint density at radius 3 is 2.76 bits per heavy atom. The summed E-state index contributed by atoms with van der Waals surface area (Å²) in [5.41, 5.74) is 2.58. The number of benzene rings is 1. The van der Waals surface area contributed by atoms with Crippen LogP contribution in [0.3, 0.4) is 0 Å². The molecule has 0 heterocycles. The fourth-order valence-electron chi connectivity index (χ4n) is 1.62. The number of aliphatic carboxylic acids is 1.